The maximum absolute atomic E-state index is 13.0. The highest BCUT2D eigenvalue weighted by Gasteiger charge is 2.26. The summed E-state index contributed by atoms with van der Waals surface area (Å²) in [5.74, 6) is 1.44. The second-order valence-electron chi connectivity index (χ2n) is 8.86. The Bertz CT molecular complexity index is 927. The number of amides is 1. The van der Waals surface area contributed by atoms with E-state index < -0.39 is 0 Å². The highest BCUT2D eigenvalue weighted by Crippen LogP contribution is 2.30. The van der Waals surface area contributed by atoms with Crippen LogP contribution in [0, 0.1) is 0 Å². The predicted octanol–water partition coefficient (Wildman–Crippen LogP) is 4.88. The highest BCUT2D eigenvalue weighted by molar-refractivity contribution is 5.97. The molecule has 0 bridgehead atoms. The molecule has 32 heavy (non-hydrogen) atoms. The minimum atomic E-state index is 0.0688. The number of rotatable bonds is 7. The molecule has 2 aliphatic heterocycles. The average molecular weight is 435 g/mol. The number of piperidine rings is 1. The van der Waals surface area contributed by atoms with Crippen LogP contribution < -0.4 is 9.47 Å². The number of benzene rings is 2. The standard InChI is InChI=1S/C27H34N2O3/c1-21(18-22-8-4-3-5-9-22)20-28-16-12-23(13-17-28)32-26-19-24(31-2)10-11-25(26)27(30)29-14-6-7-15-29/h3-5,8-11,18-19,23H,6-7,12-17,20H2,1-2H3/b21-18+. The number of hydrogen-bond acceptors (Lipinski definition) is 4. The van der Waals surface area contributed by atoms with Gasteiger partial charge in [-0.1, -0.05) is 42.0 Å². The summed E-state index contributed by atoms with van der Waals surface area (Å²) in [5, 5.41) is 0. The third-order valence-corrected chi connectivity index (χ3v) is 6.33. The Morgan fingerprint density at radius 3 is 2.44 bits per heavy atom. The van der Waals surface area contributed by atoms with Gasteiger partial charge in [0.25, 0.3) is 5.91 Å². The molecular formula is C27H34N2O3. The Kier molecular flexibility index (Phi) is 7.48. The van der Waals surface area contributed by atoms with Gasteiger partial charge in [0.05, 0.1) is 12.7 Å². The van der Waals surface area contributed by atoms with E-state index in [-0.39, 0.29) is 12.0 Å². The first-order valence-electron chi connectivity index (χ1n) is 11.7. The van der Waals surface area contributed by atoms with Crippen molar-refractivity contribution in [1.29, 1.82) is 0 Å². The maximum atomic E-state index is 13.0. The van der Waals surface area contributed by atoms with E-state index >= 15 is 0 Å². The summed E-state index contributed by atoms with van der Waals surface area (Å²) < 4.78 is 11.8. The monoisotopic (exact) mass is 434 g/mol. The van der Waals surface area contributed by atoms with Gasteiger partial charge in [0.2, 0.25) is 0 Å². The fraction of sp³-hybridized carbons (Fsp3) is 0.444. The summed E-state index contributed by atoms with van der Waals surface area (Å²) in [7, 11) is 1.64. The Balaban J connectivity index is 1.36. The first-order chi connectivity index (χ1) is 15.6. The van der Waals surface area contributed by atoms with E-state index in [0.29, 0.717) is 11.3 Å². The summed E-state index contributed by atoms with van der Waals surface area (Å²) in [6.07, 6.45) is 6.43. The van der Waals surface area contributed by atoms with Gasteiger partial charge < -0.3 is 14.4 Å². The smallest absolute Gasteiger partial charge is 0.257 e. The molecule has 2 aromatic rings. The summed E-state index contributed by atoms with van der Waals surface area (Å²) in [6.45, 7) is 6.81. The Labute approximate surface area is 191 Å². The molecule has 0 unspecified atom stereocenters. The third-order valence-electron chi connectivity index (χ3n) is 6.33. The van der Waals surface area contributed by atoms with Crippen LogP contribution in [0.1, 0.15) is 48.5 Å². The summed E-state index contributed by atoms with van der Waals surface area (Å²) >= 11 is 0. The van der Waals surface area contributed by atoms with Crippen LogP contribution in [0.3, 0.4) is 0 Å². The van der Waals surface area contributed by atoms with E-state index in [4.69, 9.17) is 9.47 Å². The molecule has 0 N–H and O–H groups in total. The Morgan fingerprint density at radius 2 is 1.75 bits per heavy atom. The topological polar surface area (TPSA) is 42.0 Å². The van der Waals surface area contributed by atoms with Gasteiger partial charge in [-0.15, -0.1) is 0 Å². The molecule has 2 aliphatic rings. The average Bonchev–Trinajstić information content (AvgIpc) is 3.35. The molecule has 0 aromatic heterocycles. The fourth-order valence-electron chi connectivity index (χ4n) is 4.59. The van der Waals surface area contributed by atoms with Crippen LogP contribution in [0.25, 0.3) is 6.08 Å². The zero-order valence-electron chi connectivity index (χ0n) is 19.3. The molecule has 0 radical (unpaired) electrons. The van der Waals surface area contributed by atoms with E-state index in [0.717, 1.165) is 64.2 Å². The number of likely N-dealkylation sites (tertiary alicyclic amines) is 2. The van der Waals surface area contributed by atoms with Crippen LogP contribution >= 0.6 is 0 Å². The number of nitrogens with zero attached hydrogens (tertiary/aromatic N) is 2. The predicted molar refractivity (Wildman–Crippen MR) is 128 cm³/mol. The van der Waals surface area contributed by atoms with Crippen molar-refractivity contribution < 1.29 is 14.3 Å². The van der Waals surface area contributed by atoms with Gasteiger partial charge in [0.1, 0.15) is 17.6 Å². The summed E-state index contributed by atoms with van der Waals surface area (Å²) in [6, 6.07) is 16.0. The lowest BCUT2D eigenvalue weighted by molar-refractivity contribution is 0.0771. The van der Waals surface area contributed by atoms with Gasteiger partial charge in [-0.3, -0.25) is 9.69 Å². The number of carbonyl (C=O) groups is 1. The van der Waals surface area contributed by atoms with Crippen LogP contribution in [-0.2, 0) is 0 Å². The van der Waals surface area contributed by atoms with Gasteiger partial charge in [-0.05, 0) is 50.3 Å². The second kappa shape index (κ2) is 10.7. The zero-order chi connectivity index (χ0) is 22.3. The number of ether oxygens (including phenoxy) is 2. The van der Waals surface area contributed by atoms with Crippen molar-refractivity contribution in [3.8, 4) is 11.5 Å². The van der Waals surface area contributed by atoms with Crippen LogP contribution in [0.2, 0.25) is 0 Å². The van der Waals surface area contributed by atoms with Gasteiger partial charge in [0.15, 0.2) is 0 Å². The van der Waals surface area contributed by atoms with Crippen molar-refractivity contribution in [1.82, 2.24) is 9.80 Å². The number of hydrogen-bond donors (Lipinski definition) is 0. The molecule has 0 atom stereocenters. The van der Waals surface area contributed by atoms with Crippen LogP contribution in [0.5, 0.6) is 11.5 Å². The molecule has 4 rings (SSSR count). The molecule has 5 heteroatoms. The molecule has 0 aliphatic carbocycles. The van der Waals surface area contributed by atoms with E-state index in [1.54, 1.807) is 7.11 Å². The van der Waals surface area contributed by atoms with Crippen molar-refractivity contribution in [3.63, 3.8) is 0 Å². The van der Waals surface area contributed by atoms with Crippen molar-refractivity contribution >= 4 is 12.0 Å². The normalized spacial score (nSPS) is 18.1. The van der Waals surface area contributed by atoms with Crippen LogP contribution in [0.15, 0.2) is 54.1 Å². The molecule has 170 valence electrons. The number of methoxy groups -OCH3 is 1. The Hall–Kier alpha value is -2.79. The SMILES string of the molecule is COc1ccc(C(=O)N2CCCC2)c(OC2CCN(C/C(C)=C/c3ccccc3)CC2)c1. The minimum absolute atomic E-state index is 0.0688. The first-order valence-corrected chi connectivity index (χ1v) is 11.7. The van der Waals surface area contributed by atoms with Crippen molar-refractivity contribution in [2.24, 2.45) is 0 Å². The van der Waals surface area contributed by atoms with E-state index in [2.05, 4.69) is 42.2 Å². The van der Waals surface area contributed by atoms with Gasteiger partial charge >= 0.3 is 0 Å². The lowest BCUT2D eigenvalue weighted by Crippen LogP contribution is -2.39. The minimum Gasteiger partial charge on any atom is -0.497 e. The largest absolute Gasteiger partial charge is 0.497 e. The molecule has 5 nitrogen and oxygen atoms in total. The molecule has 1 amide bonds. The van der Waals surface area contributed by atoms with Crippen molar-refractivity contribution in [3.05, 3.63) is 65.2 Å². The van der Waals surface area contributed by atoms with E-state index in [9.17, 15) is 4.79 Å². The zero-order valence-corrected chi connectivity index (χ0v) is 19.3. The van der Waals surface area contributed by atoms with Crippen molar-refractivity contribution in [2.75, 3.05) is 39.8 Å². The first kappa shape index (κ1) is 22.4. The fourth-order valence-corrected chi connectivity index (χ4v) is 4.59. The third kappa shape index (κ3) is 5.71. The Morgan fingerprint density at radius 1 is 1.03 bits per heavy atom. The molecule has 0 spiro atoms. The van der Waals surface area contributed by atoms with Crippen LogP contribution in [0.4, 0.5) is 0 Å². The molecule has 2 aromatic carbocycles. The molecule has 2 heterocycles. The van der Waals surface area contributed by atoms with Gasteiger partial charge in [0, 0.05) is 38.8 Å². The quantitative estimate of drug-likeness (QED) is 0.623. The number of carbonyl (C=O) groups excluding carboxylic acids is 1. The molecule has 2 fully saturated rings. The second-order valence-corrected chi connectivity index (χ2v) is 8.86. The summed E-state index contributed by atoms with van der Waals surface area (Å²) in [5.41, 5.74) is 3.26. The van der Waals surface area contributed by atoms with Gasteiger partial charge in [-0.2, -0.15) is 0 Å². The van der Waals surface area contributed by atoms with Gasteiger partial charge in [-0.25, -0.2) is 0 Å². The van der Waals surface area contributed by atoms with E-state index in [1.165, 1.54) is 11.1 Å². The highest BCUT2D eigenvalue weighted by atomic mass is 16.5. The van der Waals surface area contributed by atoms with Crippen LogP contribution in [-0.4, -0.2) is 61.6 Å². The molecule has 2 saturated heterocycles. The summed E-state index contributed by atoms with van der Waals surface area (Å²) in [4.78, 5) is 17.4. The lowest BCUT2D eigenvalue weighted by atomic mass is 10.1. The van der Waals surface area contributed by atoms with E-state index in [1.807, 2.05) is 29.2 Å². The maximum Gasteiger partial charge on any atom is 0.257 e. The molecule has 0 saturated carbocycles. The molecular weight excluding hydrogens is 400 g/mol. The lowest BCUT2D eigenvalue weighted by Gasteiger charge is -2.33. The van der Waals surface area contributed by atoms with Crippen molar-refractivity contribution in [2.45, 2.75) is 38.7 Å².